The fourth-order valence-electron chi connectivity index (χ4n) is 2.83. The second-order valence-electron chi connectivity index (χ2n) is 5.97. The molecule has 1 aromatic rings. The number of nitrogens with one attached hydrogen (secondary N) is 1. The fourth-order valence-corrected chi connectivity index (χ4v) is 2.83. The number of piperazine rings is 1. The van der Waals surface area contributed by atoms with Crippen molar-refractivity contribution in [2.24, 2.45) is 5.41 Å². The van der Waals surface area contributed by atoms with Crippen LogP contribution in [0.4, 0.5) is 0 Å². The lowest BCUT2D eigenvalue weighted by atomic mass is 9.81. The van der Waals surface area contributed by atoms with E-state index in [1.807, 2.05) is 0 Å². The molecule has 0 unspecified atom stereocenters. The van der Waals surface area contributed by atoms with E-state index in [9.17, 15) is 0 Å². The molecule has 0 saturated carbocycles. The summed E-state index contributed by atoms with van der Waals surface area (Å²) in [5.41, 5.74) is 1.72. The summed E-state index contributed by atoms with van der Waals surface area (Å²) in [5, 5.41) is 3.43. The molecule has 1 aliphatic heterocycles. The van der Waals surface area contributed by atoms with E-state index in [1.165, 1.54) is 5.56 Å². The highest BCUT2D eigenvalue weighted by molar-refractivity contribution is 5.85. The Balaban J connectivity index is 0.00000162. The van der Waals surface area contributed by atoms with Crippen LogP contribution in [0.1, 0.15) is 32.4 Å². The maximum atomic E-state index is 3.43. The van der Waals surface area contributed by atoms with Crippen LogP contribution in [0, 0.1) is 5.41 Å². The van der Waals surface area contributed by atoms with Crippen LogP contribution in [0.15, 0.2) is 30.3 Å². The third kappa shape index (κ3) is 4.96. The summed E-state index contributed by atoms with van der Waals surface area (Å²) in [6, 6.07) is 11.4. The normalized spacial score (nSPS) is 18.1. The van der Waals surface area contributed by atoms with Gasteiger partial charge in [-0.3, -0.25) is 4.90 Å². The van der Waals surface area contributed by atoms with Gasteiger partial charge >= 0.3 is 0 Å². The molecule has 0 aliphatic carbocycles. The molecule has 110 valence electrons. The lowest BCUT2D eigenvalue weighted by Gasteiger charge is -2.42. The second-order valence-corrected chi connectivity index (χ2v) is 5.97. The van der Waals surface area contributed by atoms with E-state index in [0.717, 1.165) is 26.2 Å². The molecule has 2 nitrogen and oxygen atoms in total. The van der Waals surface area contributed by atoms with Crippen LogP contribution in [-0.2, 0) is 0 Å². The molecule has 0 bridgehead atoms. The topological polar surface area (TPSA) is 15.3 Å². The van der Waals surface area contributed by atoms with E-state index in [4.69, 9.17) is 0 Å². The predicted octanol–water partition coefficient (Wildman–Crippen LogP) is 3.52. The van der Waals surface area contributed by atoms with E-state index in [0.29, 0.717) is 6.04 Å². The minimum Gasteiger partial charge on any atom is -0.314 e. The quantitative estimate of drug-likeness (QED) is 0.899. The van der Waals surface area contributed by atoms with Gasteiger partial charge in [-0.1, -0.05) is 51.1 Å². The Labute approximate surface area is 129 Å². The molecule has 0 amide bonds. The molecular weight excluding hydrogens is 279 g/mol. The molecule has 0 aromatic heterocycles. The van der Waals surface area contributed by atoms with E-state index in [-0.39, 0.29) is 30.2 Å². The SMILES string of the molecule is CC(C)(C)[C@@H](c1ccccc1)N1CCNCC1.Cl.Cl. The Morgan fingerprint density at radius 1 is 1.00 bits per heavy atom. The highest BCUT2D eigenvalue weighted by atomic mass is 35.5. The van der Waals surface area contributed by atoms with Gasteiger partial charge in [0.25, 0.3) is 0 Å². The van der Waals surface area contributed by atoms with Crippen LogP contribution >= 0.6 is 24.8 Å². The second kappa shape index (κ2) is 8.11. The monoisotopic (exact) mass is 304 g/mol. The van der Waals surface area contributed by atoms with Crippen molar-refractivity contribution in [2.75, 3.05) is 26.2 Å². The maximum Gasteiger partial charge on any atom is 0.0397 e. The van der Waals surface area contributed by atoms with E-state index < -0.39 is 0 Å². The third-order valence-corrected chi connectivity index (χ3v) is 3.45. The predicted molar refractivity (Wildman–Crippen MR) is 87.6 cm³/mol. The van der Waals surface area contributed by atoms with Gasteiger partial charge in [-0.15, -0.1) is 24.8 Å². The van der Waals surface area contributed by atoms with Crippen LogP contribution in [-0.4, -0.2) is 31.1 Å². The van der Waals surface area contributed by atoms with Crippen LogP contribution in [0.3, 0.4) is 0 Å². The summed E-state index contributed by atoms with van der Waals surface area (Å²) in [6.45, 7) is 11.5. The molecule has 0 radical (unpaired) electrons. The van der Waals surface area contributed by atoms with Crippen LogP contribution in [0.2, 0.25) is 0 Å². The highest BCUT2D eigenvalue weighted by Crippen LogP contribution is 2.37. The number of nitrogens with zero attached hydrogens (tertiary/aromatic N) is 1. The molecule has 1 aromatic carbocycles. The zero-order valence-electron chi connectivity index (χ0n) is 12.1. The standard InChI is InChI=1S/C15H24N2.2ClH/c1-15(2,3)14(13-7-5-4-6-8-13)17-11-9-16-10-12-17;;/h4-8,14,16H,9-12H2,1-3H3;2*1H/t14-;;/m1../s1. The van der Waals surface area contributed by atoms with Crippen molar-refractivity contribution in [3.8, 4) is 0 Å². The van der Waals surface area contributed by atoms with Crippen molar-refractivity contribution in [3.63, 3.8) is 0 Å². The summed E-state index contributed by atoms with van der Waals surface area (Å²) in [5.74, 6) is 0. The molecular formula is C15H26Cl2N2. The van der Waals surface area contributed by atoms with Crippen LogP contribution in [0.25, 0.3) is 0 Å². The van der Waals surface area contributed by atoms with Gasteiger partial charge in [0.15, 0.2) is 0 Å². The zero-order valence-corrected chi connectivity index (χ0v) is 13.7. The largest absolute Gasteiger partial charge is 0.314 e. The molecule has 1 heterocycles. The number of benzene rings is 1. The van der Waals surface area contributed by atoms with Gasteiger partial charge < -0.3 is 5.32 Å². The van der Waals surface area contributed by atoms with Gasteiger partial charge in [0.2, 0.25) is 0 Å². The summed E-state index contributed by atoms with van der Waals surface area (Å²) in [4.78, 5) is 2.62. The Hall–Kier alpha value is -0.280. The van der Waals surface area contributed by atoms with Gasteiger partial charge in [-0.25, -0.2) is 0 Å². The van der Waals surface area contributed by atoms with Crippen molar-refractivity contribution < 1.29 is 0 Å². The molecule has 2 rings (SSSR count). The Morgan fingerprint density at radius 2 is 1.53 bits per heavy atom. The van der Waals surface area contributed by atoms with Crippen molar-refractivity contribution >= 4 is 24.8 Å². The van der Waals surface area contributed by atoms with Gasteiger partial charge in [0.1, 0.15) is 0 Å². The Morgan fingerprint density at radius 3 is 2.00 bits per heavy atom. The molecule has 1 aliphatic rings. The maximum absolute atomic E-state index is 3.43. The average molecular weight is 305 g/mol. The van der Waals surface area contributed by atoms with Gasteiger partial charge in [-0.05, 0) is 11.0 Å². The highest BCUT2D eigenvalue weighted by Gasteiger charge is 2.32. The smallest absolute Gasteiger partial charge is 0.0397 e. The lowest BCUT2D eigenvalue weighted by Crippen LogP contribution is -2.48. The minimum atomic E-state index is 0. The fraction of sp³-hybridized carbons (Fsp3) is 0.600. The van der Waals surface area contributed by atoms with E-state index in [1.54, 1.807) is 0 Å². The Bertz CT molecular complexity index is 343. The molecule has 1 N–H and O–H groups in total. The van der Waals surface area contributed by atoms with E-state index >= 15 is 0 Å². The number of halogens is 2. The molecule has 19 heavy (non-hydrogen) atoms. The first kappa shape index (κ1) is 18.7. The van der Waals surface area contributed by atoms with Crippen LogP contribution in [0.5, 0.6) is 0 Å². The average Bonchev–Trinajstić information content (AvgIpc) is 2.30. The number of hydrogen-bond acceptors (Lipinski definition) is 2. The van der Waals surface area contributed by atoms with Crippen LogP contribution < -0.4 is 5.32 Å². The van der Waals surface area contributed by atoms with Crippen molar-refractivity contribution in [1.29, 1.82) is 0 Å². The molecule has 4 heteroatoms. The van der Waals surface area contributed by atoms with Gasteiger partial charge in [0, 0.05) is 32.2 Å². The molecule has 1 saturated heterocycles. The number of hydrogen-bond donors (Lipinski definition) is 1. The Kier molecular flexibility index (Phi) is 7.99. The van der Waals surface area contributed by atoms with Gasteiger partial charge in [-0.2, -0.15) is 0 Å². The summed E-state index contributed by atoms with van der Waals surface area (Å²) in [7, 11) is 0. The van der Waals surface area contributed by atoms with E-state index in [2.05, 4.69) is 61.3 Å². The van der Waals surface area contributed by atoms with Crippen molar-refractivity contribution in [2.45, 2.75) is 26.8 Å². The zero-order chi connectivity index (χ0) is 12.3. The summed E-state index contributed by atoms with van der Waals surface area (Å²) >= 11 is 0. The van der Waals surface area contributed by atoms with Gasteiger partial charge in [0.05, 0.1) is 0 Å². The number of rotatable bonds is 2. The molecule has 1 atom stereocenters. The molecule has 0 spiro atoms. The summed E-state index contributed by atoms with van der Waals surface area (Å²) in [6.07, 6.45) is 0. The van der Waals surface area contributed by atoms with Crippen molar-refractivity contribution in [3.05, 3.63) is 35.9 Å². The first-order valence-electron chi connectivity index (χ1n) is 6.59. The first-order valence-corrected chi connectivity index (χ1v) is 6.59. The molecule has 1 fully saturated rings. The minimum absolute atomic E-state index is 0. The summed E-state index contributed by atoms with van der Waals surface area (Å²) < 4.78 is 0. The lowest BCUT2D eigenvalue weighted by molar-refractivity contribution is 0.0862. The van der Waals surface area contributed by atoms with Crippen molar-refractivity contribution in [1.82, 2.24) is 10.2 Å². The first-order chi connectivity index (χ1) is 8.09. The third-order valence-electron chi connectivity index (χ3n) is 3.45.